The van der Waals surface area contributed by atoms with Crippen molar-refractivity contribution in [2.24, 2.45) is 5.73 Å². The van der Waals surface area contributed by atoms with Crippen molar-refractivity contribution in [1.29, 1.82) is 0 Å². The fraction of sp³-hybridized carbons (Fsp3) is 0.455. The first-order chi connectivity index (χ1) is 6.69. The normalized spacial score (nSPS) is 12.5. The van der Waals surface area contributed by atoms with Crippen molar-refractivity contribution < 1.29 is 9.84 Å². The Bertz CT molecular complexity index is 299. The highest BCUT2D eigenvalue weighted by Gasteiger charge is 2.10. The summed E-state index contributed by atoms with van der Waals surface area (Å²) in [5, 5.41) is 9.59. The summed E-state index contributed by atoms with van der Waals surface area (Å²) < 4.78 is 5.07. The summed E-state index contributed by atoms with van der Waals surface area (Å²) in [6.45, 7) is 2.07. The third-order valence-corrected chi connectivity index (χ3v) is 2.23. The topological polar surface area (TPSA) is 55.5 Å². The molecule has 3 heteroatoms. The zero-order valence-electron chi connectivity index (χ0n) is 8.66. The van der Waals surface area contributed by atoms with Crippen LogP contribution in [0.2, 0.25) is 0 Å². The van der Waals surface area contributed by atoms with E-state index < -0.39 is 0 Å². The highest BCUT2D eigenvalue weighted by molar-refractivity contribution is 5.41. The molecule has 0 saturated carbocycles. The third-order valence-electron chi connectivity index (χ3n) is 2.23. The van der Waals surface area contributed by atoms with Crippen LogP contribution < -0.4 is 10.5 Å². The van der Waals surface area contributed by atoms with Gasteiger partial charge < -0.3 is 15.6 Å². The molecule has 0 bridgehead atoms. The molecule has 0 aliphatic heterocycles. The van der Waals surface area contributed by atoms with Crippen LogP contribution in [0.25, 0.3) is 0 Å². The number of phenols is 1. The Hall–Kier alpha value is -1.22. The van der Waals surface area contributed by atoms with E-state index in [-0.39, 0.29) is 11.8 Å². The number of benzene rings is 1. The minimum absolute atomic E-state index is 0.116. The molecule has 0 aliphatic rings. The second kappa shape index (κ2) is 4.86. The van der Waals surface area contributed by atoms with Crippen molar-refractivity contribution in [3.8, 4) is 11.5 Å². The average Bonchev–Trinajstić information content (AvgIpc) is 2.19. The van der Waals surface area contributed by atoms with Gasteiger partial charge in [-0.25, -0.2) is 0 Å². The summed E-state index contributed by atoms with van der Waals surface area (Å²) in [4.78, 5) is 0. The van der Waals surface area contributed by atoms with E-state index in [1.165, 1.54) is 0 Å². The molecule has 78 valence electrons. The van der Waals surface area contributed by atoms with E-state index in [0.29, 0.717) is 0 Å². The first kappa shape index (κ1) is 10.9. The van der Waals surface area contributed by atoms with Crippen LogP contribution in [0.15, 0.2) is 18.2 Å². The van der Waals surface area contributed by atoms with Gasteiger partial charge in [0.2, 0.25) is 0 Å². The third kappa shape index (κ3) is 2.39. The predicted octanol–water partition coefficient (Wildman–Crippen LogP) is 2.20. The molecule has 0 aliphatic carbocycles. The molecule has 14 heavy (non-hydrogen) atoms. The maximum atomic E-state index is 9.59. The second-order valence-electron chi connectivity index (χ2n) is 3.32. The summed E-state index contributed by atoms with van der Waals surface area (Å²) in [5.41, 5.74) is 6.67. The van der Waals surface area contributed by atoms with E-state index in [4.69, 9.17) is 10.5 Å². The van der Waals surface area contributed by atoms with Gasteiger partial charge in [0, 0.05) is 11.6 Å². The summed E-state index contributed by atoms with van der Waals surface area (Å²) >= 11 is 0. The van der Waals surface area contributed by atoms with Crippen LogP contribution in [0.5, 0.6) is 11.5 Å². The number of phenolic OH excluding ortho intramolecular Hbond substituents is 1. The zero-order valence-corrected chi connectivity index (χ0v) is 8.66. The summed E-state index contributed by atoms with van der Waals surface area (Å²) in [6, 6.07) is 5.01. The van der Waals surface area contributed by atoms with Crippen molar-refractivity contribution in [3.05, 3.63) is 23.8 Å². The fourth-order valence-electron chi connectivity index (χ4n) is 1.42. The number of ether oxygens (including phenoxy) is 1. The lowest BCUT2D eigenvalue weighted by molar-refractivity contribution is 0.408. The molecule has 0 saturated heterocycles. The van der Waals surface area contributed by atoms with Crippen LogP contribution in [0.1, 0.15) is 31.4 Å². The summed E-state index contributed by atoms with van der Waals surface area (Å²) in [6.07, 6.45) is 1.86. The SMILES string of the molecule is CCC[C@H](N)c1cc(OC)ccc1O. The second-order valence-corrected chi connectivity index (χ2v) is 3.32. The molecule has 1 aromatic carbocycles. The van der Waals surface area contributed by atoms with Gasteiger partial charge in [-0.1, -0.05) is 13.3 Å². The molecule has 0 heterocycles. The molecule has 3 N–H and O–H groups in total. The lowest BCUT2D eigenvalue weighted by Gasteiger charge is -2.13. The molecule has 0 radical (unpaired) electrons. The molecule has 1 aromatic rings. The van der Waals surface area contributed by atoms with Gasteiger partial charge in [-0.3, -0.25) is 0 Å². The van der Waals surface area contributed by atoms with Crippen molar-refractivity contribution in [1.82, 2.24) is 0 Å². The number of methoxy groups -OCH3 is 1. The molecule has 0 spiro atoms. The van der Waals surface area contributed by atoms with Crippen LogP contribution in [0.3, 0.4) is 0 Å². The van der Waals surface area contributed by atoms with Crippen molar-refractivity contribution in [2.75, 3.05) is 7.11 Å². The lowest BCUT2D eigenvalue weighted by atomic mass is 10.0. The minimum Gasteiger partial charge on any atom is -0.508 e. The smallest absolute Gasteiger partial charge is 0.120 e. The van der Waals surface area contributed by atoms with Crippen LogP contribution in [0, 0.1) is 0 Å². The number of nitrogens with two attached hydrogens (primary N) is 1. The number of aromatic hydroxyl groups is 1. The van der Waals surface area contributed by atoms with Gasteiger partial charge in [-0.05, 0) is 24.6 Å². The Kier molecular flexibility index (Phi) is 3.77. The molecule has 0 unspecified atom stereocenters. The highest BCUT2D eigenvalue weighted by atomic mass is 16.5. The maximum absolute atomic E-state index is 9.59. The molecular formula is C11H17NO2. The first-order valence-electron chi connectivity index (χ1n) is 4.81. The van der Waals surface area contributed by atoms with Gasteiger partial charge in [0.15, 0.2) is 0 Å². The standard InChI is InChI=1S/C11H17NO2/c1-3-4-10(12)9-7-8(14-2)5-6-11(9)13/h5-7,10,13H,3-4,12H2,1-2H3/t10-/m0/s1. The molecule has 1 rings (SSSR count). The average molecular weight is 195 g/mol. The Morgan fingerprint density at radius 3 is 2.79 bits per heavy atom. The van der Waals surface area contributed by atoms with E-state index in [0.717, 1.165) is 24.2 Å². The lowest BCUT2D eigenvalue weighted by Crippen LogP contribution is -2.09. The molecule has 0 aromatic heterocycles. The molecule has 1 atom stereocenters. The van der Waals surface area contributed by atoms with E-state index in [2.05, 4.69) is 6.92 Å². The Morgan fingerprint density at radius 1 is 1.50 bits per heavy atom. The number of rotatable bonds is 4. The number of hydrogen-bond donors (Lipinski definition) is 2. The van der Waals surface area contributed by atoms with E-state index in [1.807, 2.05) is 0 Å². The minimum atomic E-state index is -0.116. The fourth-order valence-corrected chi connectivity index (χ4v) is 1.42. The molecule has 3 nitrogen and oxygen atoms in total. The van der Waals surface area contributed by atoms with Crippen LogP contribution in [0.4, 0.5) is 0 Å². The van der Waals surface area contributed by atoms with Crippen LogP contribution >= 0.6 is 0 Å². The van der Waals surface area contributed by atoms with Crippen molar-refractivity contribution in [3.63, 3.8) is 0 Å². The molecule has 0 amide bonds. The van der Waals surface area contributed by atoms with Crippen molar-refractivity contribution >= 4 is 0 Å². The first-order valence-corrected chi connectivity index (χ1v) is 4.81. The monoisotopic (exact) mass is 195 g/mol. The van der Waals surface area contributed by atoms with E-state index in [1.54, 1.807) is 25.3 Å². The largest absolute Gasteiger partial charge is 0.508 e. The zero-order chi connectivity index (χ0) is 10.6. The Morgan fingerprint density at radius 2 is 2.21 bits per heavy atom. The molecular weight excluding hydrogens is 178 g/mol. The Labute approximate surface area is 84.5 Å². The van der Waals surface area contributed by atoms with Crippen LogP contribution in [-0.2, 0) is 0 Å². The van der Waals surface area contributed by atoms with Gasteiger partial charge >= 0.3 is 0 Å². The van der Waals surface area contributed by atoms with Gasteiger partial charge in [0.05, 0.1) is 7.11 Å². The quantitative estimate of drug-likeness (QED) is 0.774. The van der Waals surface area contributed by atoms with E-state index in [9.17, 15) is 5.11 Å². The molecule has 0 fully saturated rings. The summed E-state index contributed by atoms with van der Waals surface area (Å²) in [7, 11) is 1.60. The maximum Gasteiger partial charge on any atom is 0.120 e. The Balaban J connectivity index is 2.93. The van der Waals surface area contributed by atoms with E-state index >= 15 is 0 Å². The number of hydrogen-bond acceptors (Lipinski definition) is 3. The van der Waals surface area contributed by atoms with Gasteiger partial charge in [-0.2, -0.15) is 0 Å². The van der Waals surface area contributed by atoms with Gasteiger partial charge in [0.1, 0.15) is 11.5 Å². The van der Waals surface area contributed by atoms with Crippen LogP contribution in [-0.4, -0.2) is 12.2 Å². The van der Waals surface area contributed by atoms with Gasteiger partial charge in [-0.15, -0.1) is 0 Å². The predicted molar refractivity (Wildman–Crippen MR) is 56.5 cm³/mol. The van der Waals surface area contributed by atoms with Gasteiger partial charge in [0.25, 0.3) is 0 Å². The van der Waals surface area contributed by atoms with Crippen molar-refractivity contribution in [2.45, 2.75) is 25.8 Å². The summed E-state index contributed by atoms with van der Waals surface area (Å²) in [5.74, 6) is 0.969. The highest BCUT2D eigenvalue weighted by Crippen LogP contribution is 2.29.